The molecule has 0 N–H and O–H groups in total. The molecule has 3 aromatic rings. The number of amides is 1. The molecule has 0 atom stereocenters. The van der Waals surface area contributed by atoms with E-state index in [1.807, 2.05) is 79.7 Å². The van der Waals surface area contributed by atoms with Crippen LogP contribution in [0.15, 0.2) is 82.6 Å². The van der Waals surface area contributed by atoms with Crippen molar-refractivity contribution in [3.63, 3.8) is 0 Å². The van der Waals surface area contributed by atoms with Crippen LogP contribution in [0.2, 0.25) is 0 Å². The third-order valence-electron chi connectivity index (χ3n) is 4.63. The Hall–Kier alpha value is -3.25. The highest BCUT2D eigenvalue weighted by molar-refractivity contribution is 7.99. The molecule has 1 amide bonds. The Morgan fingerprint density at radius 2 is 1.47 bits per heavy atom. The summed E-state index contributed by atoms with van der Waals surface area (Å²) < 4.78 is 10.8. The molecule has 6 heteroatoms. The molecule has 0 aliphatic carbocycles. The maximum Gasteiger partial charge on any atom is 0.309 e. The second-order valence-corrected chi connectivity index (χ2v) is 7.92. The SMILES string of the molecule is Cc1ccc(OCCC(=O)OCC(=O)N2c3ccccc3Sc3ccccc32)cc1. The molecule has 0 fully saturated rings. The Bertz CT molecular complexity index is 1020. The van der Waals surface area contributed by atoms with Crippen molar-refractivity contribution in [2.45, 2.75) is 23.1 Å². The van der Waals surface area contributed by atoms with Crippen LogP contribution in [0.25, 0.3) is 0 Å². The first-order valence-electron chi connectivity index (χ1n) is 9.66. The van der Waals surface area contributed by atoms with E-state index in [9.17, 15) is 9.59 Å². The minimum absolute atomic E-state index is 0.0736. The fourth-order valence-corrected chi connectivity index (χ4v) is 4.20. The first kappa shape index (κ1) is 20.0. The Morgan fingerprint density at radius 1 is 0.867 bits per heavy atom. The molecule has 0 unspecified atom stereocenters. The van der Waals surface area contributed by atoms with E-state index in [4.69, 9.17) is 9.47 Å². The monoisotopic (exact) mass is 419 g/mol. The van der Waals surface area contributed by atoms with Gasteiger partial charge in [0, 0.05) is 9.79 Å². The number of rotatable bonds is 6. The van der Waals surface area contributed by atoms with Gasteiger partial charge in [-0.2, -0.15) is 0 Å². The van der Waals surface area contributed by atoms with Crippen LogP contribution in [0.5, 0.6) is 5.75 Å². The third-order valence-corrected chi connectivity index (χ3v) is 5.76. The number of hydrogen-bond acceptors (Lipinski definition) is 5. The summed E-state index contributed by atoms with van der Waals surface area (Å²) in [5, 5.41) is 0. The van der Waals surface area contributed by atoms with E-state index in [-0.39, 0.29) is 25.5 Å². The second kappa shape index (κ2) is 9.05. The van der Waals surface area contributed by atoms with E-state index in [1.54, 1.807) is 16.7 Å². The molecule has 3 aromatic carbocycles. The lowest BCUT2D eigenvalue weighted by atomic mass is 10.2. The third kappa shape index (κ3) is 4.49. The van der Waals surface area contributed by atoms with Crippen LogP contribution in [0.1, 0.15) is 12.0 Å². The summed E-state index contributed by atoms with van der Waals surface area (Å²) in [7, 11) is 0. The van der Waals surface area contributed by atoms with E-state index in [0.717, 1.165) is 26.7 Å². The lowest BCUT2D eigenvalue weighted by molar-refractivity contribution is -0.148. The maximum atomic E-state index is 13.0. The molecular formula is C24H21NO4S. The van der Waals surface area contributed by atoms with Crippen LogP contribution in [-0.2, 0) is 14.3 Å². The molecule has 0 saturated heterocycles. The summed E-state index contributed by atoms with van der Waals surface area (Å²) in [6.07, 6.45) is 0.0736. The number of aryl methyl sites for hydroxylation is 1. The van der Waals surface area contributed by atoms with Gasteiger partial charge in [0.1, 0.15) is 5.75 Å². The van der Waals surface area contributed by atoms with Gasteiger partial charge in [-0.3, -0.25) is 14.5 Å². The van der Waals surface area contributed by atoms with Crippen molar-refractivity contribution in [3.05, 3.63) is 78.4 Å². The van der Waals surface area contributed by atoms with E-state index in [0.29, 0.717) is 5.75 Å². The van der Waals surface area contributed by atoms with Crippen LogP contribution in [0, 0.1) is 6.92 Å². The minimum Gasteiger partial charge on any atom is -0.493 e. The van der Waals surface area contributed by atoms with Gasteiger partial charge in [0.05, 0.1) is 24.4 Å². The highest BCUT2D eigenvalue weighted by Gasteiger charge is 2.28. The van der Waals surface area contributed by atoms with E-state index in [2.05, 4.69) is 0 Å². The summed E-state index contributed by atoms with van der Waals surface area (Å²) >= 11 is 1.62. The van der Waals surface area contributed by atoms with Gasteiger partial charge in [0.15, 0.2) is 6.61 Å². The average Bonchev–Trinajstić information content (AvgIpc) is 2.77. The summed E-state index contributed by atoms with van der Waals surface area (Å²) in [6, 6.07) is 23.0. The molecule has 0 saturated carbocycles. The number of esters is 1. The highest BCUT2D eigenvalue weighted by Crippen LogP contribution is 2.47. The lowest BCUT2D eigenvalue weighted by Gasteiger charge is -2.30. The van der Waals surface area contributed by atoms with Gasteiger partial charge in [-0.25, -0.2) is 0 Å². The molecule has 1 heterocycles. The second-order valence-electron chi connectivity index (χ2n) is 6.84. The van der Waals surface area contributed by atoms with Crippen molar-refractivity contribution in [3.8, 4) is 5.75 Å². The molecule has 0 spiro atoms. The zero-order valence-corrected chi connectivity index (χ0v) is 17.4. The summed E-state index contributed by atoms with van der Waals surface area (Å²) in [5.41, 5.74) is 2.73. The molecular weight excluding hydrogens is 398 g/mol. The lowest BCUT2D eigenvalue weighted by Crippen LogP contribution is -2.32. The molecule has 0 aromatic heterocycles. The molecule has 4 rings (SSSR count). The predicted molar refractivity (Wildman–Crippen MR) is 116 cm³/mol. The number of carbonyl (C=O) groups excluding carboxylic acids is 2. The fraction of sp³-hybridized carbons (Fsp3) is 0.167. The van der Waals surface area contributed by atoms with E-state index >= 15 is 0 Å². The Kier molecular flexibility index (Phi) is 6.05. The smallest absolute Gasteiger partial charge is 0.309 e. The molecule has 5 nitrogen and oxygen atoms in total. The Balaban J connectivity index is 1.36. The summed E-state index contributed by atoms with van der Waals surface area (Å²) in [5.74, 6) is -0.0603. The van der Waals surface area contributed by atoms with Gasteiger partial charge in [0.25, 0.3) is 5.91 Å². The predicted octanol–water partition coefficient (Wildman–Crippen LogP) is 5.14. The van der Waals surface area contributed by atoms with E-state index < -0.39 is 5.97 Å². The van der Waals surface area contributed by atoms with Gasteiger partial charge in [-0.05, 0) is 43.3 Å². The van der Waals surface area contributed by atoms with Crippen LogP contribution in [0.3, 0.4) is 0 Å². The first-order valence-corrected chi connectivity index (χ1v) is 10.5. The van der Waals surface area contributed by atoms with Crippen LogP contribution in [0.4, 0.5) is 11.4 Å². The van der Waals surface area contributed by atoms with Gasteiger partial charge < -0.3 is 9.47 Å². The topological polar surface area (TPSA) is 55.8 Å². The fourth-order valence-electron chi connectivity index (χ4n) is 3.14. The molecule has 0 radical (unpaired) electrons. The molecule has 30 heavy (non-hydrogen) atoms. The number of nitrogens with zero attached hydrogens (tertiary/aromatic N) is 1. The number of fused-ring (bicyclic) bond motifs is 2. The Morgan fingerprint density at radius 3 is 2.10 bits per heavy atom. The van der Waals surface area contributed by atoms with Crippen molar-refractivity contribution >= 4 is 35.0 Å². The van der Waals surface area contributed by atoms with Gasteiger partial charge >= 0.3 is 5.97 Å². The molecule has 0 bridgehead atoms. The van der Waals surface area contributed by atoms with E-state index in [1.165, 1.54) is 0 Å². The van der Waals surface area contributed by atoms with Gasteiger partial charge in [0.2, 0.25) is 0 Å². The van der Waals surface area contributed by atoms with Gasteiger partial charge in [-0.15, -0.1) is 0 Å². The van der Waals surface area contributed by atoms with Crippen molar-refractivity contribution in [2.24, 2.45) is 0 Å². The largest absolute Gasteiger partial charge is 0.493 e. The first-order chi connectivity index (χ1) is 14.6. The zero-order valence-electron chi connectivity index (χ0n) is 16.5. The van der Waals surface area contributed by atoms with Crippen molar-refractivity contribution in [1.29, 1.82) is 0 Å². The molecule has 1 aliphatic heterocycles. The number of ether oxygens (including phenoxy) is 2. The van der Waals surface area contributed by atoms with Crippen molar-refractivity contribution < 1.29 is 19.1 Å². The van der Waals surface area contributed by atoms with Crippen molar-refractivity contribution in [2.75, 3.05) is 18.1 Å². The van der Waals surface area contributed by atoms with Crippen molar-refractivity contribution in [1.82, 2.24) is 0 Å². The minimum atomic E-state index is -0.469. The zero-order chi connectivity index (χ0) is 20.9. The maximum absolute atomic E-state index is 13.0. The summed E-state index contributed by atoms with van der Waals surface area (Å²) in [4.78, 5) is 28.7. The quantitative estimate of drug-likeness (QED) is 0.518. The van der Waals surface area contributed by atoms with Crippen LogP contribution >= 0.6 is 11.8 Å². The molecule has 152 valence electrons. The number of carbonyl (C=O) groups is 2. The van der Waals surface area contributed by atoms with Crippen LogP contribution in [-0.4, -0.2) is 25.1 Å². The van der Waals surface area contributed by atoms with Crippen LogP contribution < -0.4 is 9.64 Å². The average molecular weight is 420 g/mol. The number of para-hydroxylation sites is 2. The highest BCUT2D eigenvalue weighted by atomic mass is 32.2. The Labute approximate surface area is 179 Å². The summed E-state index contributed by atoms with van der Waals surface area (Å²) in [6.45, 7) is 1.87. The number of anilines is 2. The van der Waals surface area contributed by atoms with Gasteiger partial charge in [-0.1, -0.05) is 53.7 Å². The normalized spacial score (nSPS) is 12.0. The number of benzene rings is 3. The standard InChI is InChI=1S/C24H21NO4S/c1-17-10-12-18(13-11-17)28-15-14-24(27)29-16-23(26)25-19-6-2-4-8-21(19)30-22-9-5-3-7-20(22)25/h2-13H,14-16H2,1H3. The molecule has 1 aliphatic rings. The number of hydrogen-bond donors (Lipinski definition) is 0.